The van der Waals surface area contributed by atoms with Gasteiger partial charge in [0.25, 0.3) is 11.7 Å². The van der Waals surface area contributed by atoms with E-state index in [1.165, 1.54) is 25.2 Å². The number of amides is 1. The van der Waals surface area contributed by atoms with Crippen LogP contribution in [0.1, 0.15) is 36.6 Å². The third-order valence-corrected chi connectivity index (χ3v) is 6.61. The summed E-state index contributed by atoms with van der Waals surface area (Å²) >= 11 is 6.16. The van der Waals surface area contributed by atoms with Gasteiger partial charge in [0.2, 0.25) is 0 Å². The highest BCUT2D eigenvalue weighted by molar-refractivity contribution is 6.51. The van der Waals surface area contributed by atoms with Crippen LogP contribution in [-0.4, -0.2) is 37.6 Å². The summed E-state index contributed by atoms with van der Waals surface area (Å²) in [4.78, 5) is 28.3. The minimum Gasteiger partial charge on any atom is -0.507 e. The van der Waals surface area contributed by atoms with E-state index in [0.717, 1.165) is 12.0 Å². The van der Waals surface area contributed by atoms with Crippen molar-refractivity contribution in [1.29, 1.82) is 0 Å². The number of ketones is 1. The number of carbonyl (C=O) groups is 2. The Kier molecular flexibility index (Phi) is 7.74. The van der Waals surface area contributed by atoms with Crippen molar-refractivity contribution in [3.05, 3.63) is 87.9 Å². The number of hydrogen-bond acceptors (Lipinski definition) is 6. The number of benzene rings is 3. The predicted molar refractivity (Wildman–Crippen MR) is 143 cm³/mol. The molecule has 0 spiro atoms. The van der Waals surface area contributed by atoms with Crippen LogP contribution in [0.25, 0.3) is 5.76 Å². The predicted octanol–water partition coefficient (Wildman–Crippen LogP) is 5.94. The van der Waals surface area contributed by atoms with Crippen LogP contribution in [-0.2, 0) is 16.0 Å². The number of aliphatic hydroxyl groups excluding tert-OH is 1. The molecule has 1 fully saturated rings. The van der Waals surface area contributed by atoms with E-state index in [1.54, 1.807) is 42.5 Å². The third-order valence-electron chi connectivity index (χ3n) is 6.29. The Balaban J connectivity index is 1.96. The van der Waals surface area contributed by atoms with Gasteiger partial charge in [-0.15, -0.1) is 0 Å². The standard InChI is InChI=1S/C29H28ClNO6/c1-5-17-7-11-20(12-8-17)31-26(18-10-14-22(35-3)24(15-18)37-6-2)25(28(33)29(31)34)27(32)19-9-13-21(30)23(16-19)36-4/h7-16,26,32H,5-6H2,1-4H3/b27-25-. The lowest BCUT2D eigenvalue weighted by atomic mass is 9.94. The molecule has 0 radical (unpaired) electrons. The zero-order valence-electron chi connectivity index (χ0n) is 21.1. The number of aliphatic hydroxyl groups is 1. The lowest BCUT2D eigenvalue weighted by molar-refractivity contribution is -0.132. The SMILES string of the molecule is CCOc1cc(C2/C(=C(/O)c3ccc(Cl)c(OC)c3)C(=O)C(=O)N2c2ccc(CC)cc2)ccc1OC. The van der Waals surface area contributed by atoms with Crippen molar-refractivity contribution < 1.29 is 28.9 Å². The first-order valence-electron chi connectivity index (χ1n) is 11.9. The van der Waals surface area contributed by atoms with Crippen molar-refractivity contribution in [1.82, 2.24) is 0 Å². The van der Waals surface area contributed by atoms with E-state index in [2.05, 4.69) is 0 Å². The van der Waals surface area contributed by atoms with E-state index in [-0.39, 0.29) is 11.3 Å². The summed E-state index contributed by atoms with van der Waals surface area (Å²) in [6.45, 7) is 4.28. The Morgan fingerprint density at radius 2 is 1.62 bits per heavy atom. The van der Waals surface area contributed by atoms with E-state index in [1.807, 2.05) is 26.0 Å². The van der Waals surface area contributed by atoms with Gasteiger partial charge >= 0.3 is 0 Å². The van der Waals surface area contributed by atoms with Crippen molar-refractivity contribution in [2.45, 2.75) is 26.3 Å². The van der Waals surface area contributed by atoms with E-state index in [9.17, 15) is 14.7 Å². The summed E-state index contributed by atoms with van der Waals surface area (Å²) in [5.74, 6) is -0.579. The Labute approximate surface area is 220 Å². The molecule has 1 heterocycles. The van der Waals surface area contributed by atoms with Crippen LogP contribution in [0.3, 0.4) is 0 Å². The Morgan fingerprint density at radius 1 is 0.919 bits per heavy atom. The fraction of sp³-hybridized carbons (Fsp3) is 0.241. The number of nitrogens with zero attached hydrogens (tertiary/aromatic N) is 1. The van der Waals surface area contributed by atoms with Crippen LogP contribution >= 0.6 is 11.6 Å². The molecule has 1 atom stereocenters. The Hall–Kier alpha value is -3.97. The molecule has 1 amide bonds. The van der Waals surface area contributed by atoms with Crippen molar-refractivity contribution >= 4 is 34.7 Å². The number of methoxy groups -OCH3 is 2. The first-order valence-corrected chi connectivity index (χ1v) is 12.3. The van der Waals surface area contributed by atoms with Crippen molar-refractivity contribution in [2.75, 3.05) is 25.7 Å². The lowest BCUT2D eigenvalue weighted by Gasteiger charge is -2.26. The molecule has 0 bridgehead atoms. The zero-order chi connectivity index (χ0) is 26.7. The van der Waals surface area contributed by atoms with Gasteiger partial charge in [-0.1, -0.05) is 36.7 Å². The van der Waals surface area contributed by atoms with Crippen LogP contribution in [0.15, 0.2) is 66.2 Å². The molecule has 1 unspecified atom stereocenters. The van der Waals surface area contributed by atoms with Gasteiger partial charge in [-0.2, -0.15) is 0 Å². The van der Waals surface area contributed by atoms with E-state index >= 15 is 0 Å². The fourth-order valence-corrected chi connectivity index (χ4v) is 4.60. The molecule has 0 aromatic heterocycles. The summed E-state index contributed by atoms with van der Waals surface area (Å²) in [6.07, 6.45) is 0.830. The second kappa shape index (κ2) is 11.0. The van der Waals surface area contributed by atoms with E-state index in [0.29, 0.717) is 45.7 Å². The maximum atomic E-state index is 13.4. The highest BCUT2D eigenvalue weighted by Crippen LogP contribution is 2.44. The first-order chi connectivity index (χ1) is 17.8. The van der Waals surface area contributed by atoms with Crippen LogP contribution in [0.4, 0.5) is 5.69 Å². The first kappa shape index (κ1) is 26.1. The van der Waals surface area contributed by atoms with E-state index in [4.69, 9.17) is 25.8 Å². The maximum absolute atomic E-state index is 13.4. The van der Waals surface area contributed by atoms with Crippen LogP contribution in [0.5, 0.6) is 17.2 Å². The third kappa shape index (κ3) is 4.87. The number of hydrogen-bond donors (Lipinski definition) is 1. The smallest absolute Gasteiger partial charge is 0.300 e. The van der Waals surface area contributed by atoms with Crippen LogP contribution < -0.4 is 19.1 Å². The number of halogens is 1. The second-order valence-electron chi connectivity index (χ2n) is 8.38. The fourth-order valence-electron chi connectivity index (χ4n) is 4.40. The summed E-state index contributed by atoms with van der Waals surface area (Å²) < 4.78 is 16.4. The minimum absolute atomic E-state index is 0.0541. The molecule has 0 aliphatic carbocycles. The van der Waals surface area contributed by atoms with Crippen molar-refractivity contribution in [3.63, 3.8) is 0 Å². The molecule has 1 aliphatic rings. The van der Waals surface area contributed by atoms with Gasteiger partial charge in [0.15, 0.2) is 11.5 Å². The molecule has 3 aromatic rings. The average molecular weight is 522 g/mol. The van der Waals surface area contributed by atoms with Gasteiger partial charge in [0, 0.05) is 11.3 Å². The molecule has 4 rings (SSSR count). The Morgan fingerprint density at radius 3 is 2.24 bits per heavy atom. The summed E-state index contributed by atoms with van der Waals surface area (Å²) in [5, 5.41) is 11.7. The maximum Gasteiger partial charge on any atom is 0.300 e. The van der Waals surface area contributed by atoms with Gasteiger partial charge in [0.05, 0.1) is 37.5 Å². The molecule has 8 heteroatoms. The van der Waals surface area contributed by atoms with E-state index < -0.39 is 17.7 Å². The lowest BCUT2D eigenvalue weighted by Crippen LogP contribution is -2.29. The average Bonchev–Trinajstić information content (AvgIpc) is 3.18. The topological polar surface area (TPSA) is 85.3 Å². The Bertz CT molecular complexity index is 1370. The van der Waals surface area contributed by atoms with Gasteiger partial charge in [-0.05, 0) is 66.9 Å². The molecule has 1 aliphatic heterocycles. The zero-order valence-corrected chi connectivity index (χ0v) is 21.8. The highest BCUT2D eigenvalue weighted by atomic mass is 35.5. The number of aryl methyl sites for hydroxylation is 1. The summed E-state index contributed by atoms with van der Waals surface area (Å²) in [6, 6.07) is 16.4. The molecular weight excluding hydrogens is 494 g/mol. The largest absolute Gasteiger partial charge is 0.507 e. The van der Waals surface area contributed by atoms with Gasteiger partial charge < -0.3 is 19.3 Å². The summed E-state index contributed by atoms with van der Waals surface area (Å²) in [5.41, 5.74) is 2.44. The molecule has 37 heavy (non-hydrogen) atoms. The number of carbonyl (C=O) groups excluding carboxylic acids is 2. The number of rotatable bonds is 8. The summed E-state index contributed by atoms with van der Waals surface area (Å²) in [7, 11) is 2.99. The molecule has 192 valence electrons. The second-order valence-corrected chi connectivity index (χ2v) is 8.79. The van der Waals surface area contributed by atoms with Crippen LogP contribution in [0.2, 0.25) is 5.02 Å². The number of anilines is 1. The number of ether oxygens (including phenoxy) is 3. The molecular formula is C29H28ClNO6. The van der Waals surface area contributed by atoms with Gasteiger partial charge in [0.1, 0.15) is 11.5 Å². The normalized spacial score (nSPS) is 16.7. The quantitative estimate of drug-likeness (QED) is 0.224. The van der Waals surface area contributed by atoms with Crippen LogP contribution in [0, 0.1) is 0 Å². The minimum atomic E-state index is -0.917. The van der Waals surface area contributed by atoms with Gasteiger partial charge in [-0.3, -0.25) is 14.5 Å². The molecule has 7 nitrogen and oxygen atoms in total. The molecule has 3 aromatic carbocycles. The molecule has 1 saturated heterocycles. The molecule has 1 N–H and O–H groups in total. The van der Waals surface area contributed by atoms with Gasteiger partial charge in [-0.25, -0.2) is 0 Å². The van der Waals surface area contributed by atoms with Crippen molar-refractivity contribution in [2.24, 2.45) is 0 Å². The molecule has 0 saturated carbocycles. The van der Waals surface area contributed by atoms with Crippen molar-refractivity contribution in [3.8, 4) is 17.2 Å². The monoisotopic (exact) mass is 521 g/mol. The number of Topliss-reactive ketones (excluding diaryl/α,β-unsaturated/α-hetero) is 1. The highest BCUT2D eigenvalue weighted by Gasteiger charge is 2.47.